The van der Waals surface area contributed by atoms with E-state index in [4.69, 9.17) is 4.74 Å². The number of nitro groups is 1. The van der Waals surface area contributed by atoms with Gasteiger partial charge in [-0.15, -0.1) is 18.2 Å². The van der Waals surface area contributed by atoms with Crippen molar-refractivity contribution in [3.8, 4) is 5.75 Å². The Balaban J connectivity index is 0.00000128. The molecule has 5 heteroatoms. The normalized spacial score (nSPS) is 15.6. The van der Waals surface area contributed by atoms with Crippen LogP contribution in [0.15, 0.2) is 18.2 Å². The number of ether oxygens (including phenoxy) is 1. The van der Waals surface area contributed by atoms with Gasteiger partial charge in [-0.05, 0) is 19.4 Å². The summed E-state index contributed by atoms with van der Waals surface area (Å²) >= 11 is 0. The van der Waals surface area contributed by atoms with Crippen molar-refractivity contribution in [2.24, 2.45) is 0 Å². The van der Waals surface area contributed by atoms with Gasteiger partial charge in [-0.1, -0.05) is 6.08 Å². The summed E-state index contributed by atoms with van der Waals surface area (Å²) in [5.41, 5.74) is 0.0310. The fourth-order valence-electron chi connectivity index (χ4n) is 1.48. The number of hydrogen-bond donors (Lipinski definition) is 0. The van der Waals surface area contributed by atoms with Gasteiger partial charge in [0.1, 0.15) is 5.60 Å². The van der Waals surface area contributed by atoms with Crippen molar-refractivity contribution in [1.82, 2.24) is 0 Å². The Bertz CT molecular complexity index is 455. The van der Waals surface area contributed by atoms with Crippen LogP contribution in [0, 0.1) is 16.2 Å². The van der Waals surface area contributed by atoms with Gasteiger partial charge in [0.25, 0.3) is 0 Å². The van der Waals surface area contributed by atoms with E-state index in [-0.39, 0.29) is 38.4 Å². The third-order valence-electron chi connectivity index (χ3n) is 2.18. The molecule has 16 heavy (non-hydrogen) atoms. The van der Waals surface area contributed by atoms with Gasteiger partial charge in [-0.25, -0.2) is 0 Å². The van der Waals surface area contributed by atoms with E-state index in [1.807, 2.05) is 13.8 Å². The first-order valence-electron chi connectivity index (χ1n) is 4.57. The van der Waals surface area contributed by atoms with Crippen LogP contribution in [0.1, 0.15) is 19.4 Å². The van der Waals surface area contributed by atoms with Crippen molar-refractivity contribution in [2.75, 3.05) is 0 Å². The van der Waals surface area contributed by atoms with Gasteiger partial charge < -0.3 is 4.74 Å². The predicted octanol–water partition coefficient (Wildman–Crippen LogP) is 2.58. The number of rotatable bonds is 1. The van der Waals surface area contributed by atoms with Crippen molar-refractivity contribution in [3.05, 3.63) is 40.0 Å². The van der Waals surface area contributed by atoms with E-state index in [2.05, 4.69) is 6.07 Å². The number of nitrogens with zero attached hydrogens (tertiary/aromatic N) is 1. The first kappa shape index (κ1) is 13.3. The second-order valence-corrected chi connectivity index (χ2v) is 3.90. The maximum atomic E-state index is 10.7. The number of hydrogen-bond acceptors (Lipinski definition) is 3. The molecule has 0 N–H and O–H groups in total. The van der Waals surface area contributed by atoms with E-state index in [1.165, 1.54) is 6.07 Å². The van der Waals surface area contributed by atoms with Crippen LogP contribution in [0.3, 0.4) is 0 Å². The van der Waals surface area contributed by atoms with Crippen LogP contribution in [0.2, 0.25) is 0 Å². The SMILES string of the molecule is CC1(C)C=Cc2c([N+](=O)[O-])[c-]ccc2O1.[Y]. The Morgan fingerprint density at radius 3 is 2.81 bits per heavy atom. The van der Waals surface area contributed by atoms with Crippen molar-refractivity contribution in [2.45, 2.75) is 19.4 Å². The third-order valence-corrected chi connectivity index (χ3v) is 2.18. The Morgan fingerprint density at radius 2 is 2.19 bits per heavy atom. The zero-order valence-corrected chi connectivity index (χ0v) is 11.9. The summed E-state index contributed by atoms with van der Waals surface area (Å²) in [6, 6.07) is 5.79. The molecule has 0 saturated carbocycles. The van der Waals surface area contributed by atoms with Crippen LogP contribution >= 0.6 is 0 Å². The largest absolute Gasteiger partial charge is 0.508 e. The molecule has 1 aliphatic rings. The Kier molecular flexibility index (Phi) is 3.86. The molecule has 0 aliphatic carbocycles. The van der Waals surface area contributed by atoms with Crippen molar-refractivity contribution < 1.29 is 42.4 Å². The molecule has 1 aliphatic heterocycles. The molecule has 0 saturated heterocycles. The van der Waals surface area contributed by atoms with Crippen LogP contribution in [0.4, 0.5) is 5.69 Å². The molecule has 0 bridgehead atoms. The monoisotopic (exact) mass is 293 g/mol. The van der Waals surface area contributed by atoms with Crippen molar-refractivity contribution >= 4 is 11.8 Å². The Labute approximate surface area is 119 Å². The molecule has 2 rings (SSSR count). The minimum absolute atomic E-state index is 0. The smallest absolute Gasteiger partial charge is 0.172 e. The molecule has 1 radical (unpaired) electrons. The van der Waals surface area contributed by atoms with E-state index >= 15 is 0 Å². The fraction of sp³-hybridized carbons (Fsp3) is 0.273. The standard InChI is InChI=1S/C11H10NO3.Y/c1-11(2)7-6-8-9(12(13)14)4-3-5-10(8)15-11;/h3,5-7H,1-2H3;/q-1;. The maximum Gasteiger partial charge on any atom is 0.172 e. The second-order valence-electron chi connectivity index (χ2n) is 3.90. The molecular weight excluding hydrogens is 283 g/mol. The van der Waals surface area contributed by atoms with E-state index < -0.39 is 10.5 Å². The summed E-state index contributed by atoms with van der Waals surface area (Å²) in [7, 11) is 0. The van der Waals surface area contributed by atoms with Gasteiger partial charge in [-0.2, -0.15) is 6.07 Å². The van der Waals surface area contributed by atoms with Crippen LogP contribution in [0.25, 0.3) is 6.08 Å². The van der Waals surface area contributed by atoms with Gasteiger partial charge in [0.05, 0.1) is 0 Å². The van der Waals surface area contributed by atoms with E-state index in [0.717, 1.165) is 0 Å². The Morgan fingerprint density at radius 1 is 1.50 bits per heavy atom. The molecule has 0 aromatic heterocycles. The summed E-state index contributed by atoms with van der Waals surface area (Å²) in [5.74, 6) is 0.535. The van der Waals surface area contributed by atoms with Gasteiger partial charge >= 0.3 is 0 Å². The van der Waals surface area contributed by atoms with Crippen LogP contribution < -0.4 is 4.74 Å². The van der Waals surface area contributed by atoms with E-state index in [9.17, 15) is 10.1 Å². The van der Waals surface area contributed by atoms with Crippen molar-refractivity contribution in [1.29, 1.82) is 0 Å². The molecule has 1 heterocycles. The molecule has 81 valence electrons. The molecule has 0 amide bonds. The first-order chi connectivity index (χ1) is 6.99. The van der Waals surface area contributed by atoms with Crippen LogP contribution in [-0.2, 0) is 32.7 Å². The summed E-state index contributed by atoms with van der Waals surface area (Å²) in [4.78, 5) is 10.3. The molecule has 1 aromatic rings. The zero-order valence-electron chi connectivity index (χ0n) is 9.06. The number of benzene rings is 1. The molecular formula is C11H10NO3Y-. The maximum absolute atomic E-state index is 10.7. The summed E-state index contributed by atoms with van der Waals surface area (Å²) in [5, 5.41) is 10.7. The molecule has 0 unspecified atom stereocenters. The van der Waals surface area contributed by atoms with Gasteiger partial charge in [0.15, 0.2) is 5.69 Å². The molecule has 0 atom stereocenters. The minimum Gasteiger partial charge on any atom is -0.508 e. The number of fused-ring (bicyclic) bond motifs is 1. The summed E-state index contributed by atoms with van der Waals surface area (Å²) in [6.45, 7) is 3.80. The molecule has 0 spiro atoms. The molecule has 4 nitrogen and oxygen atoms in total. The molecule has 1 aromatic carbocycles. The third kappa shape index (κ3) is 2.50. The first-order valence-corrected chi connectivity index (χ1v) is 4.57. The van der Waals surface area contributed by atoms with E-state index in [1.54, 1.807) is 18.2 Å². The van der Waals surface area contributed by atoms with Crippen LogP contribution in [0.5, 0.6) is 5.75 Å². The average Bonchev–Trinajstić information content (AvgIpc) is 2.14. The van der Waals surface area contributed by atoms with Crippen LogP contribution in [-0.4, -0.2) is 10.5 Å². The van der Waals surface area contributed by atoms with E-state index in [0.29, 0.717) is 11.3 Å². The topological polar surface area (TPSA) is 52.4 Å². The van der Waals surface area contributed by atoms with Gasteiger partial charge in [0.2, 0.25) is 0 Å². The Hall–Kier alpha value is -0.736. The van der Waals surface area contributed by atoms with Crippen molar-refractivity contribution in [3.63, 3.8) is 0 Å². The quantitative estimate of drug-likeness (QED) is 0.454. The summed E-state index contributed by atoms with van der Waals surface area (Å²) < 4.78 is 5.60. The predicted molar refractivity (Wildman–Crippen MR) is 55.7 cm³/mol. The number of nitro benzene ring substituents is 1. The minimum atomic E-state index is -0.454. The molecule has 0 fully saturated rings. The van der Waals surface area contributed by atoms with Gasteiger partial charge in [-0.3, -0.25) is 10.1 Å². The fourth-order valence-corrected chi connectivity index (χ4v) is 1.48. The van der Waals surface area contributed by atoms with Gasteiger partial charge in [0, 0.05) is 43.4 Å². The zero-order chi connectivity index (χ0) is 11.1. The average molecular weight is 293 g/mol. The summed E-state index contributed by atoms with van der Waals surface area (Å²) in [6.07, 6.45) is 3.52. The second kappa shape index (κ2) is 4.64.